The van der Waals surface area contributed by atoms with E-state index in [9.17, 15) is 0 Å². The Balaban J connectivity index is 0.00000156. The number of aliphatic imine (C=N–C) groups is 1. The molecule has 0 N–H and O–H groups in total. The predicted octanol–water partition coefficient (Wildman–Crippen LogP) is -0.318. The molecule has 0 radical (unpaired) electrons. The lowest BCUT2D eigenvalue weighted by atomic mass is 10.1. The summed E-state index contributed by atoms with van der Waals surface area (Å²) in [5.41, 5.74) is 1.10. The maximum Gasteiger partial charge on any atom is 0.409 e. The molecule has 4 rings (SSSR count). The van der Waals surface area contributed by atoms with Crippen LogP contribution in [-0.2, 0) is 0 Å². The minimum atomic E-state index is -0.108. The Kier molecular flexibility index (Phi) is 4.43. The normalized spacial score (nSPS) is 18.6. The molecule has 0 saturated carbocycles. The van der Waals surface area contributed by atoms with Gasteiger partial charge in [-0.2, -0.15) is 10.1 Å². The highest BCUT2D eigenvalue weighted by molar-refractivity contribution is 8.26. The SMILES string of the molecule is COc1ccc(C2N3N=C(C)SC3=Nc3sc(C)n[n+]32)cc1.[Br-]. The van der Waals surface area contributed by atoms with Gasteiger partial charge in [-0.25, -0.2) is 0 Å². The van der Waals surface area contributed by atoms with E-state index in [2.05, 4.69) is 15.2 Å². The molecule has 0 spiro atoms. The van der Waals surface area contributed by atoms with E-state index in [0.717, 1.165) is 31.7 Å². The zero-order chi connectivity index (χ0) is 15.3. The molecule has 120 valence electrons. The second kappa shape index (κ2) is 6.21. The summed E-state index contributed by atoms with van der Waals surface area (Å²) in [6, 6.07) is 8.01. The third kappa shape index (κ3) is 2.77. The molecule has 6 nitrogen and oxygen atoms in total. The fraction of sp³-hybridized carbons (Fsp3) is 0.286. The van der Waals surface area contributed by atoms with Gasteiger partial charge in [0.15, 0.2) is 0 Å². The Morgan fingerprint density at radius 3 is 2.65 bits per heavy atom. The summed E-state index contributed by atoms with van der Waals surface area (Å²) in [5.74, 6) is 0.837. The van der Waals surface area contributed by atoms with E-state index in [4.69, 9.17) is 4.74 Å². The van der Waals surface area contributed by atoms with Crippen LogP contribution in [0.3, 0.4) is 0 Å². The van der Waals surface area contributed by atoms with E-state index in [-0.39, 0.29) is 23.1 Å². The van der Waals surface area contributed by atoms with Crippen molar-refractivity contribution < 1.29 is 26.4 Å². The van der Waals surface area contributed by atoms with Gasteiger partial charge >= 0.3 is 10.3 Å². The molecule has 9 heteroatoms. The van der Waals surface area contributed by atoms with E-state index in [1.807, 2.05) is 47.8 Å². The first-order valence-corrected chi connectivity index (χ1v) is 8.43. The van der Waals surface area contributed by atoms with Crippen molar-refractivity contribution in [3.05, 3.63) is 34.8 Å². The van der Waals surface area contributed by atoms with Gasteiger partial charge in [0.25, 0.3) is 0 Å². The summed E-state index contributed by atoms with van der Waals surface area (Å²) in [7, 11) is 1.67. The average Bonchev–Trinajstić information content (AvgIpc) is 3.05. The standard InChI is InChI=1S/C14H14N5OS2.BrH/c1-8-16-18-12(10-4-6-11(20-3)7-5-10)19-14(15-13(18)21-8)22-9(2)17-19;/h4-7,12H,1-3H3;1H/q+1;/p-1. The maximum absolute atomic E-state index is 5.24. The molecule has 2 aliphatic rings. The molecule has 0 amide bonds. The van der Waals surface area contributed by atoms with Gasteiger partial charge in [-0.05, 0) is 61.2 Å². The molecule has 1 unspecified atom stereocenters. The number of hydrogen-bond acceptors (Lipinski definition) is 7. The molecule has 0 saturated heterocycles. The monoisotopic (exact) mass is 411 g/mol. The number of aryl methyl sites for hydroxylation is 1. The van der Waals surface area contributed by atoms with Crippen molar-refractivity contribution >= 4 is 38.4 Å². The summed E-state index contributed by atoms with van der Waals surface area (Å²) in [6.07, 6.45) is -0.108. The highest BCUT2D eigenvalue weighted by atomic mass is 79.9. The molecule has 23 heavy (non-hydrogen) atoms. The molecule has 3 heterocycles. The van der Waals surface area contributed by atoms with Gasteiger partial charge in [-0.1, -0.05) is 9.78 Å². The van der Waals surface area contributed by atoms with Crippen molar-refractivity contribution in [2.24, 2.45) is 10.1 Å². The molecular formula is C14H14BrN5OS2. The van der Waals surface area contributed by atoms with Gasteiger partial charge in [0, 0.05) is 10.6 Å². The lowest BCUT2D eigenvalue weighted by molar-refractivity contribution is -0.770. The molecule has 0 aliphatic carbocycles. The van der Waals surface area contributed by atoms with E-state index in [1.165, 1.54) is 0 Å². The van der Waals surface area contributed by atoms with Crippen molar-refractivity contribution in [3.63, 3.8) is 0 Å². The number of methoxy groups -OCH3 is 1. The minimum Gasteiger partial charge on any atom is -1.00 e. The van der Waals surface area contributed by atoms with Crippen LogP contribution in [0.25, 0.3) is 0 Å². The fourth-order valence-corrected chi connectivity index (χ4v) is 4.07. The first kappa shape index (κ1) is 16.4. The lowest BCUT2D eigenvalue weighted by Crippen LogP contribution is -3.00. The van der Waals surface area contributed by atoms with E-state index < -0.39 is 0 Å². The molecule has 1 atom stereocenters. The first-order chi connectivity index (χ1) is 10.7. The topological polar surface area (TPSA) is 54.0 Å². The summed E-state index contributed by atoms with van der Waals surface area (Å²) in [6.45, 7) is 3.99. The third-order valence-corrected chi connectivity index (χ3v) is 5.11. The number of benzene rings is 1. The molecule has 1 aromatic heterocycles. The van der Waals surface area contributed by atoms with Crippen LogP contribution in [0.15, 0.2) is 34.4 Å². The smallest absolute Gasteiger partial charge is 0.409 e. The van der Waals surface area contributed by atoms with Crippen LogP contribution in [0.4, 0.5) is 5.13 Å². The second-order valence-corrected chi connectivity index (χ2v) is 7.28. The average molecular weight is 412 g/mol. The lowest BCUT2D eigenvalue weighted by Gasteiger charge is -2.22. The molecule has 2 aliphatic heterocycles. The van der Waals surface area contributed by atoms with Crippen molar-refractivity contribution in [3.8, 4) is 5.75 Å². The van der Waals surface area contributed by atoms with E-state index >= 15 is 0 Å². The van der Waals surface area contributed by atoms with Gasteiger partial charge in [0.1, 0.15) is 15.8 Å². The molecule has 0 fully saturated rings. The third-order valence-electron chi connectivity index (χ3n) is 3.44. The number of nitrogens with zero attached hydrogens (tertiary/aromatic N) is 5. The van der Waals surface area contributed by atoms with Gasteiger partial charge in [0.05, 0.1) is 7.11 Å². The van der Waals surface area contributed by atoms with Crippen LogP contribution in [0.1, 0.15) is 23.7 Å². The van der Waals surface area contributed by atoms with E-state index in [1.54, 1.807) is 30.2 Å². The Labute approximate surface area is 152 Å². The Hall–Kier alpha value is -1.45. The molecule has 0 bridgehead atoms. The summed E-state index contributed by atoms with van der Waals surface area (Å²) in [5, 5.41) is 15.0. The van der Waals surface area contributed by atoms with Crippen molar-refractivity contribution in [1.82, 2.24) is 10.1 Å². The number of aromatic nitrogens is 2. The Bertz CT molecular complexity index is 802. The highest BCUT2D eigenvalue weighted by Crippen LogP contribution is 2.36. The van der Waals surface area contributed by atoms with Crippen LogP contribution in [0, 0.1) is 6.92 Å². The maximum atomic E-state index is 5.24. The van der Waals surface area contributed by atoms with Crippen molar-refractivity contribution in [2.45, 2.75) is 20.0 Å². The summed E-state index contributed by atoms with van der Waals surface area (Å²) >= 11 is 3.19. The zero-order valence-electron chi connectivity index (χ0n) is 12.7. The summed E-state index contributed by atoms with van der Waals surface area (Å²) in [4.78, 5) is 4.67. The number of hydrazone groups is 1. The van der Waals surface area contributed by atoms with Crippen LogP contribution in [0.2, 0.25) is 0 Å². The first-order valence-electron chi connectivity index (χ1n) is 6.80. The van der Waals surface area contributed by atoms with Crippen LogP contribution >= 0.6 is 23.1 Å². The summed E-state index contributed by atoms with van der Waals surface area (Å²) < 4.78 is 7.18. The second-order valence-electron chi connectivity index (χ2n) is 4.96. The van der Waals surface area contributed by atoms with Crippen LogP contribution < -0.4 is 26.4 Å². The number of rotatable bonds is 2. The van der Waals surface area contributed by atoms with Gasteiger partial charge in [-0.3, -0.25) is 0 Å². The number of halogens is 1. The Morgan fingerprint density at radius 2 is 1.96 bits per heavy atom. The Morgan fingerprint density at radius 1 is 1.22 bits per heavy atom. The van der Waals surface area contributed by atoms with Crippen molar-refractivity contribution in [1.29, 1.82) is 0 Å². The largest absolute Gasteiger partial charge is 1.00 e. The number of fused-ring (bicyclic) bond motifs is 2. The highest BCUT2D eigenvalue weighted by Gasteiger charge is 2.44. The molecular weight excluding hydrogens is 398 g/mol. The van der Waals surface area contributed by atoms with Crippen LogP contribution in [0.5, 0.6) is 5.75 Å². The molecule has 1 aromatic carbocycles. The van der Waals surface area contributed by atoms with Crippen molar-refractivity contribution in [2.75, 3.05) is 7.11 Å². The van der Waals surface area contributed by atoms with Gasteiger partial charge < -0.3 is 21.7 Å². The number of thioether (sulfide) groups is 1. The van der Waals surface area contributed by atoms with Gasteiger partial charge in [-0.15, -0.1) is 0 Å². The van der Waals surface area contributed by atoms with Gasteiger partial charge in [0.2, 0.25) is 6.17 Å². The number of ether oxygens (including phenoxy) is 1. The van der Waals surface area contributed by atoms with E-state index in [0.29, 0.717) is 0 Å². The predicted molar refractivity (Wildman–Crippen MR) is 87.8 cm³/mol. The quantitative estimate of drug-likeness (QED) is 0.635. The number of hydrogen-bond donors (Lipinski definition) is 0. The van der Waals surface area contributed by atoms with Crippen LogP contribution in [-0.4, -0.2) is 27.4 Å². The molecule has 2 aromatic rings. The zero-order valence-corrected chi connectivity index (χ0v) is 15.9. The number of amidine groups is 1. The fourth-order valence-electron chi connectivity index (χ4n) is 2.50. The minimum absolute atomic E-state index is 0.